The van der Waals surface area contributed by atoms with Crippen LogP contribution in [0.25, 0.3) is 11.1 Å². The predicted octanol–water partition coefficient (Wildman–Crippen LogP) is 6.48. The number of hydrogen-bond donors (Lipinski definition) is 2. The summed E-state index contributed by atoms with van der Waals surface area (Å²) in [4.78, 5) is 28.1. The molecule has 2 heterocycles. The molecule has 8 nitrogen and oxygen atoms in total. The van der Waals surface area contributed by atoms with Crippen molar-refractivity contribution in [1.82, 2.24) is 0 Å². The molecular weight excluding hydrogens is 556 g/mol. The summed E-state index contributed by atoms with van der Waals surface area (Å²) in [5.41, 5.74) is 6.55. The van der Waals surface area contributed by atoms with E-state index >= 15 is 0 Å². The smallest absolute Gasteiger partial charge is 0.341 e. The number of carboxylic acids is 1. The molecule has 9 heteroatoms. The zero-order valence-corrected chi connectivity index (χ0v) is 25.6. The molecule has 0 saturated carbocycles. The third-order valence-corrected chi connectivity index (χ3v) is 7.10. The fourth-order valence-corrected chi connectivity index (χ4v) is 5.65. The minimum Gasteiger partial charge on any atom is -0.490 e. The number of ether oxygens (including phenoxy) is 3. The van der Waals surface area contributed by atoms with E-state index < -0.39 is 12.6 Å². The van der Waals surface area contributed by atoms with Crippen LogP contribution in [0, 0.1) is 0 Å². The number of nitrogens with one attached hydrogen (secondary N) is 1. The standard InChI is InChI=1S/C33H36N2O6.ClH/c1-7-39-27-15-22-16-32(3,4)35-30(29(22)25-17-33(5,6)41-31(25)27)21-10-13-26(40-18-28(37)38)24(14-21)20-8-11-23(12-9-20)34-19(2)36;/h8-15H,7,16-18H2,1-6H3,(H,34,36)(H,37,38);1H. The number of benzene rings is 3. The minimum absolute atomic E-state index is 0. The van der Waals surface area contributed by atoms with Gasteiger partial charge in [0.25, 0.3) is 0 Å². The normalized spacial score (nSPS) is 15.7. The highest BCUT2D eigenvalue weighted by atomic mass is 35.5. The highest BCUT2D eigenvalue weighted by molar-refractivity contribution is 6.16. The maximum absolute atomic E-state index is 11.5. The van der Waals surface area contributed by atoms with Gasteiger partial charge in [0, 0.05) is 41.3 Å². The van der Waals surface area contributed by atoms with Crippen molar-refractivity contribution in [2.45, 2.75) is 65.5 Å². The third kappa shape index (κ3) is 6.39. The van der Waals surface area contributed by atoms with E-state index in [1.54, 1.807) is 6.07 Å². The third-order valence-electron chi connectivity index (χ3n) is 7.10. The lowest BCUT2D eigenvalue weighted by molar-refractivity contribution is -0.139. The number of amides is 1. The monoisotopic (exact) mass is 592 g/mol. The summed E-state index contributed by atoms with van der Waals surface area (Å²) in [6.07, 6.45) is 1.49. The number of hydrogen-bond acceptors (Lipinski definition) is 6. The molecule has 0 aromatic heterocycles. The van der Waals surface area contributed by atoms with E-state index in [1.807, 2.05) is 43.3 Å². The minimum atomic E-state index is -1.06. The molecule has 0 radical (unpaired) electrons. The lowest BCUT2D eigenvalue weighted by atomic mass is 9.80. The van der Waals surface area contributed by atoms with Gasteiger partial charge >= 0.3 is 5.97 Å². The average Bonchev–Trinajstić information content (AvgIpc) is 3.21. The Morgan fingerprint density at radius 1 is 0.976 bits per heavy atom. The molecule has 0 fully saturated rings. The molecule has 0 unspecified atom stereocenters. The molecule has 0 bridgehead atoms. The van der Waals surface area contributed by atoms with Gasteiger partial charge in [-0.1, -0.05) is 12.1 Å². The van der Waals surface area contributed by atoms with Crippen molar-refractivity contribution >= 4 is 35.7 Å². The lowest BCUT2D eigenvalue weighted by Crippen LogP contribution is -2.30. The molecule has 42 heavy (non-hydrogen) atoms. The Morgan fingerprint density at radius 3 is 2.31 bits per heavy atom. The van der Waals surface area contributed by atoms with E-state index in [0.29, 0.717) is 18.0 Å². The van der Waals surface area contributed by atoms with Crippen LogP contribution in [-0.4, -0.2) is 47.0 Å². The number of aliphatic carboxylic acids is 1. The van der Waals surface area contributed by atoms with E-state index in [4.69, 9.17) is 19.2 Å². The average molecular weight is 593 g/mol. The van der Waals surface area contributed by atoms with Crippen molar-refractivity contribution in [1.29, 1.82) is 0 Å². The Labute approximate surface area is 252 Å². The second-order valence-corrected chi connectivity index (χ2v) is 11.8. The SMILES string of the molecule is CCOc1cc2c(c3c1OC(C)(C)C3)C(c1ccc(OCC(=O)O)c(-c3ccc(NC(C)=O)cc3)c1)=NC(C)(C)C2.Cl. The Bertz CT molecular complexity index is 1560. The van der Waals surface area contributed by atoms with Crippen molar-refractivity contribution in [2.24, 2.45) is 4.99 Å². The molecule has 222 valence electrons. The van der Waals surface area contributed by atoms with Gasteiger partial charge in [-0.2, -0.15) is 0 Å². The van der Waals surface area contributed by atoms with Gasteiger partial charge in [-0.15, -0.1) is 12.4 Å². The number of nitrogens with zero attached hydrogens (tertiary/aromatic N) is 1. The van der Waals surface area contributed by atoms with Crippen LogP contribution in [0.15, 0.2) is 53.5 Å². The van der Waals surface area contributed by atoms with Crippen LogP contribution in [0.2, 0.25) is 0 Å². The van der Waals surface area contributed by atoms with E-state index in [1.165, 1.54) is 6.92 Å². The highest BCUT2D eigenvalue weighted by Crippen LogP contribution is 2.48. The number of anilines is 1. The van der Waals surface area contributed by atoms with Gasteiger partial charge < -0.3 is 24.6 Å². The second-order valence-electron chi connectivity index (χ2n) is 11.8. The first-order valence-corrected chi connectivity index (χ1v) is 13.8. The zero-order chi connectivity index (χ0) is 29.5. The summed E-state index contributed by atoms with van der Waals surface area (Å²) in [5, 5.41) is 12.0. The maximum Gasteiger partial charge on any atom is 0.341 e. The first-order valence-electron chi connectivity index (χ1n) is 13.8. The number of fused-ring (bicyclic) bond motifs is 3. The number of carbonyl (C=O) groups is 2. The summed E-state index contributed by atoms with van der Waals surface area (Å²) in [6.45, 7) is 11.9. The fourth-order valence-electron chi connectivity index (χ4n) is 5.65. The van der Waals surface area contributed by atoms with E-state index in [2.05, 4.69) is 39.1 Å². The summed E-state index contributed by atoms with van der Waals surface area (Å²) in [5.74, 6) is 0.769. The van der Waals surface area contributed by atoms with Crippen molar-refractivity contribution < 1.29 is 28.9 Å². The van der Waals surface area contributed by atoms with Gasteiger partial charge in [-0.25, -0.2) is 4.79 Å². The van der Waals surface area contributed by atoms with Crippen LogP contribution in [0.4, 0.5) is 5.69 Å². The van der Waals surface area contributed by atoms with Crippen LogP contribution >= 0.6 is 12.4 Å². The molecule has 2 aliphatic rings. The lowest BCUT2D eigenvalue weighted by Gasteiger charge is -2.31. The summed E-state index contributed by atoms with van der Waals surface area (Å²) >= 11 is 0. The molecule has 2 N–H and O–H groups in total. The van der Waals surface area contributed by atoms with Crippen LogP contribution in [0.1, 0.15) is 63.8 Å². The topological polar surface area (TPSA) is 106 Å². The van der Waals surface area contributed by atoms with E-state index in [9.17, 15) is 14.7 Å². The summed E-state index contributed by atoms with van der Waals surface area (Å²) in [6, 6.07) is 15.2. The highest BCUT2D eigenvalue weighted by Gasteiger charge is 2.40. The maximum atomic E-state index is 11.5. The summed E-state index contributed by atoms with van der Waals surface area (Å²) in [7, 11) is 0. The van der Waals surface area contributed by atoms with Crippen molar-refractivity contribution in [2.75, 3.05) is 18.5 Å². The first kappa shape index (κ1) is 30.9. The summed E-state index contributed by atoms with van der Waals surface area (Å²) < 4.78 is 18.1. The number of rotatable bonds is 8. The van der Waals surface area contributed by atoms with Crippen molar-refractivity contribution in [3.63, 3.8) is 0 Å². The largest absolute Gasteiger partial charge is 0.490 e. The Kier molecular flexibility index (Phi) is 8.60. The number of halogens is 1. The second kappa shape index (κ2) is 11.7. The van der Waals surface area contributed by atoms with Crippen molar-refractivity contribution in [3.8, 4) is 28.4 Å². The predicted molar refractivity (Wildman–Crippen MR) is 166 cm³/mol. The fraction of sp³-hybridized carbons (Fsp3) is 0.364. The molecule has 0 spiro atoms. The Morgan fingerprint density at radius 2 is 1.67 bits per heavy atom. The van der Waals surface area contributed by atoms with Gasteiger partial charge in [0.2, 0.25) is 5.91 Å². The van der Waals surface area contributed by atoms with Gasteiger partial charge in [-0.3, -0.25) is 9.79 Å². The molecule has 2 aliphatic heterocycles. The van der Waals surface area contributed by atoms with Crippen LogP contribution in [-0.2, 0) is 22.4 Å². The van der Waals surface area contributed by atoms with E-state index in [0.717, 1.165) is 63.4 Å². The quantitative estimate of drug-likeness (QED) is 0.310. The number of carbonyl (C=O) groups excluding carboxylic acids is 1. The molecular formula is C33H37ClN2O6. The molecule has 0 saturated heterocycles. The van der Waals surface area contributed by atoms with Crippen LogP contribution in [0.5, 0.6) is 17.2 Å². The van der Waals surface area contributed by atoms with Gasteiger partial charge in [-0.05, 0) is 88.6 Å². The van der Waals surface area contributed by atoms with Gasteiger partial charge in [0.05, 0.1) is 17.9 Å². The van der Waals surface area contributed by atoms with E-state index in [-0.39, 0.29) is 29.5 Å². The molecule has 1 amide bonds. The molecule has 0 atom stereocenters. The van der Waals surface area contributed by atoms with Crippen LogP contribution < -0.4 is 19.5 Å². The molecule has 5 rings (SSSR count). The van der Waals surface area contributed by atoms with Gasteiger partial charge in [0.15, 0.2) is 18.1 Å². The first-order chi connectivity index (χ1) is 19.4. The van der Waals surface area contributed by atoms with Gasteiger partial charge in [0.1, 0.15) is 11.4 Å². The van der Waals surface area contributed by atoms with Crippen molar-refractivity contribution in [3.05, 3.63) is 70.8 Å². The zero-order valence-electron chi connectivity index (χ0n) is 24.8. The molecule has 3 aromatic rings. The molecule has 3 aromatic carbocycles. The Hall–Kier alpha value is -4.04. The number of aliphatic imine (C=N–C) groups is 1. The number of carboxylic acid groups (broad SMARTS) is 1. The Balaban J connectivity index is 0.00000405. The molecule has 0 aliphatic carbocycles. The van der Waals surface area contributed by atoms with Crippen LogP contribution in [0.3, 0.4) is 0 Å².